The number of cyclic esters (lactones) is 1. The minimum Gasteiger partial charge on any atom is -0.416 e. The Morgan fingerprint density at radius 1 is 0.875 bits per heavy atom. The van der Waals surface area contributed by atoms with E-state index in [1.54, 1.807) is 0 Å². The first-order chi connectivity index (χ1) is 11.6. The van der Waals surface area contributed by atoms with Crippen molar-refractivity contribution in [2.45, 2.75) is 115 Å². The van der Waals surface area contributed by atoms with Crippen LogP contribution in [0.4, 0.5) is 0 Å². The van der Waals surface area contributed by atoms with Crippen molar-refractivity contribution in [3.8, 4) is 0 Å². The van der Waals surface area contributed by atoms with Crippen LogP contribution in [0.2, 0.25) is 0 Å². The molecule has 0 aliphatic carbocycles. The van der Waals surface area contributed by atoms with Crippen LogP contribution in [-0.4, -0.2) is 21.7 Å². The van der Waals surface area contributed by atoms with Crippen LogP contribution in [0.3, 0.4) is 0 Å². The van der Waals surface area contributed by atoms with E-state index >= 15 is 0 Å². The number of aliphatic hydroxyl groups is 1. The zero-order valence-corrected chi connectivity index (χ0v) is 16.3. The average molecular weight is 357 g/mol. The molecule has 0 radical (unpaired) electrons. The molecule has 0 aromatic heterocycles. The molecule has 0 aromatic carbocycles. The second-order valence-electron chi connectivity index (χ2n) is 7.32. The molecule has 0 saturated carbocycles. The van der Waals surface area contributed by atoms with E-state index in [0.717, 1.165) is 12.8 Å². The molecule has 0 aromatic rings. The Hall–Kier alpha value is -0.480. The predicted octanol–water partition coefficient (Wildman–Crippen LogP) is 5.86. The lowest BCUT2D eigenvalue weighted by Crippen LogP contribution is -2.32. The number of thiocarbonyl (C=S) groups is 1. The van der Waals surface area contributed by atoms with Crippen LogP contribution in [0, 0.1) is 0 Å². The monoisotopic (exact) mass is 356 g/mol. The van der Waals surface area contributed by atoms with Gasteiger partial charge in [-0.1, -0.05) is 96.8 Å². The van der Waals surface area contributed by atoms with Gasteiger partial charge in [0, 0.05) is 0 Å². The van der Waals surface area contributed by atoms with Gasteiger partial charge in [-0.3, -0.25) is 4.79 Å². The number of esters is 1. The third-order valence-electron chi connectivity index (χ3n) is 4.97. The lowest BCUT2D eigenvalue weighted by atomic mass is 9.94. The summed E-state index contributed by atoms with van der Waals surface area (Å²) in [6.45, 7) is 2.26. The van der Waals surface area contributed by atoms with Gasteiger partial charge in [0.15, 0.2) is 0 Å². The van der Waals surface area contributed by atoms with Crippen LogP contribution < -0.4 is 0 Å². The Kier molecular flexibility index (Phi) is 11.5. The lowest BCUT2D eigenvalue weighted by molar-refractivity contribution is -0.133. The lowest BCUT2D eigenvalue weighted by Gasteiger charge is -2.18. The summed E-state index contributed by atoms with van der Waals surface area (Å²) in [7, 11) is 0. The van der Waals surface area contributed by atoms with Crippen molar-refractivity contribution in [3.63, 3.8) is 0 Å². The SMILES string of the molecule is CCCCCCCCCCCCCCCCC1(O)CC(=O)OC1=S. The van der Waals surface area contributed by atoms with Gasteiger partial charge in [0.1, 0.15) is 5.60 Å². The van der Waals surface area contributed by atoms with Gasteiger partial charge in [-0.15, -0.1) is 0 Å². The number of ether oxygens (including phenoxy) is 1. The van der Waals surface area contributed by atoms with Crippen LogP contribution in [0.25, 0.3) is 0 Å². The third kappa shape index (κ3) is 9.12. The summed E-state index contributed by atoms with van der Waals surface area (Å²) in [6, 6.07) is 0. The molecule has 1 atom stereocenters. The van der Waals surface area contributed by atoms with Crippen LogP contribution in [-0.2, 0) is 9.53 Å². The predicted molar refractivity (Wildman–Crippen MR) is 103 cm³/mol. The van der Waals surface area contributed by atoms with E-state index in [1.165, 1.54) is 77.0 Å². The molecule has 3 nitrogen and oxygen atoms in total. The van der Waals surface area contributed by atoms with Crippen molar-refractivity contribution < 1.29 is 14.6 Å². The molecule has 1 saturated heterocycles. The summed E-state index contributed by atoms with van der Waals surface area (Å²) in [4.78, 5) is 11.1. The van der Waals surface area contributed by atoms with E-state index in [-0.39, 0.29) is 11.5 Å². The highest BCUT2D eigenvalue weighted by Crippen LogP contribution is 2.28. The van der Waals surface area contributed by atoms with Crippen molar-refractivity contribution in [1.82, 2.24) is 0 Å². The molecule has 0 spiro atoms. The van der Waals surface area contributed by atoms with Crippen LogP contribution in [0.5, 0.6) is 0 Å². The number of hydrogen-bond donors (Lipinski definition) is 1. The van der Waals surface area contributed by atoms with Gasteiger partial charge in [-0.2, -0.15) is 0 Å². The standard InChI is InChI=1S/C20H36O3S/c1-2-3-4-5-6-7-8-9-10-11-12-13-14-15-16-20(22)17-18(21)23-19(20)24/h22H,2-17H2,1H3. The van der Waals surface area contributed by atoms with E-state index in [1.807, 2.05) is 0 Å². The molecule has 0 amide bonds. The maximum Gasteiger partial charge on any atom is 0.315 e. The molecule has 24 heavy (non-hydrogen) atoms. The van der Waals surface area contributed by atoms with Crippen molar-refractivity contribution in [2.75, 3.05) is 0 Å². The first-order valence-electron chi connectivity index (χ1n) is 10.1. The Morgan fingerprint density at radius 2 is 1.29 bits per heavy atom. The number of hydrogen-bond acceptors (Lipinski definition) is 4. The molecule has 1 fully saturated rings. The molecule has 1 N–H and O–H groups in total. The molecule has 1 heterocycles. The zero-order valence-electron chi connectivity index (χ0n) is 15.5. The van der Waals surface area contributed by atoms with Gasteiger partial charge in [0.05, 0.1) is 6.42 Å². The number of carbonyl (C=O) groups is 1. The number of unbranched alkanes of at least 4 members (excludes halogenated alkanes) is 13. The van der Waals surface area contributed by atoms with E-state index in [0.29, 0.717) is 6.42 Å². The maximum absolute atomic E-state index is 11.1. The molecule has 1 unspecified atom stereocenters. The first kappa shape index (κ1) is 21.6. The van der Waals surface area contributed by atoms with E-state index in [4.69, 9.17) is 17.0 Å². The summed E-state index contributed by atoms with van der Waals surface area (Å²) in [5.74, 6) is -0.395. The fraction of sp³-hybridized carbons (Fsp3) is 0.900. The molecule has 1 aliphatic rings. The minimum atomic E-state index is -1.18. The summed E-state index contributed by atoms with van der Waals surface area (Å²) in [6.07, 6.45) is 18.9. The van der Waals surface area contributed by atoms with Gasteiger partial charge in [0.25, 0.3) is 0 Å². The van der Waals surface area contributed by atoms with E-state index in [9.17, 15) is 9.90 Å². The summed E-state index contributed by atoms with van der Waals surface area (Å²) >= 11 is 4.94. The van der Waals surface area contributed by atoms with Crippen LogP contribution in [0.15, 0.2) is 0 Å². The molecular weight excluding hydrogens is 320 g/mol. The first-order valence-corrected chi connectivity index (χ1v) is 10.5. The van der Waals surface area contributed by atoms with Gasteiger partial charge in [-0.05, 0) is 18.6 Å². The molecule has 1 aliphatic heterocycles. The van der Waals surface area contributed by atoms with Gasteiger partial charge in [0.2, 0.25) is 5.05 Å². The van der Waals surface area contributed by atoms with Crippen molar-refractivity contribution in [1.29, 1.82) is 0 Å². The van der Waals surface area contributed by atoms with Crippen molar-refractivity contribution in [2.24, 2.45) is 0 Å². The Labute approximate surface area is 153 Å². The third-order valence-corrected chi connectivity index (χ3v) is 5.43. The van der Waals surface area contributed by atoms with Gasteiger partial charge in [-0.25, -0.2) is 0 Å². The summed E-state index contributed by atoms with van der Waals surface area (Å²) in [5.41, 5.74) is -1.18. The topological polar surface area (TPSA) is 46.5 Å². The second kappa shape index (κ2) is 12.8. The Bertz CT molecular complexity index is 370. The Balaban J connectivity index is 1.83. The molecule has 0 bridgehead atoms. The highest BCUT2D eigenvalue weighted by molar-refractivity contribution is 7.80. The molecular formula is C20H36O3S. The fourth-order valence-corrected chi connectivity index (χ4v) is 3.62. The van der Waals surface area contributed by atoms with Crippen LogP contribution in [0.1, 0.15) is 110 Å². The molecule has 140 valence electrons. The smallest absolute Gasteiger partial charge is 0.315 e. The van der Waals surface area contributed by atoms with Crippen LogP contribution >= 0.6 is 12.2 Å². The number of carbonyl (C=O) groups excluding carboxylic acids is 1. The van der Waals surface area contributed by atoms with Gasteiger partial charge < -0.3 is 9.84 Å². The molecule has 1 rings (SSSR count). The number of rotatable bonds is 15. The minimum absolute atomic E-state index is 0.0320. The summed E-state index contributed by atoms with van der Waals surface area (Å²) < 4.78 is 4.79. The highest BCUT2D eigenvalue weighted by atomic mass is 32.1. The largest absolute Gasteiger partial charge is 0.416 e. The molecule has 4 heteroatoms. The fourth-order valence-electron chi connectivity index (χ4n) is 3.35. The maximum atomic E-state index is 11.1. The average Bonchev–Trinajstić information content (AvgIpc) is 2.80. The quantitative estimate of drug-likeness (QED) is 0.227. The van der Waals surface area contributed by atoms with Crippen molar-refractivity contribution in [3.05, 3.63) is 0 Å². The van der Waals surface area contributed by atoms with Gasteiger partial charge >= 0.3 is 5.97 Å². The van der Waals surface area contributed by atoms with E-state index in [2.05, 4.69) is 6.92 Å². The zero-order chi connectivity index (χ0) is 17.7. The highest BCUT2D eigenvalue weighted by Gasteiger charge is 2.43. The van der Waals surface area contributed by atoms with Crippen molar-refractivity contribution >= 4 is 23.2 Å². The second-order valence-corrected chi connectivity index (χ2v) is 7.69. The van der Waals surface area contributed by atoms with E-state index < -0.39 is 11.6 Å². The Morgan fingerprint density at radius 3 is 1.67 bits per heavy atom. The summed E-state index contributed by atoms with van der Waals surface area (Å²) in [5, 5.41) is 10.3. The normalized spacial score (nSPS) is 20.6.